The van der Waals surface area contributed by atoms with Gasteiger partial charge in [-0.1, -0.05) is 0 Å². The molecule has 1 aromatic rings. The van der Waals surface area contributed by atoms with Gasteiger partial charge in [-0.05, 0) is 41.6 Å². The first-order chi connectivity index (χ1) is 6.86. The van der Waals surface area contributed by atoms with Crippen LogP contribution >= 0.6 is 22.6 Å². The van der Waals surface area contributed by atoms with Gasteiger partial charge in [0.15, 0.2) is 11.5 Å². The van der Waals surface area contributed by atoms with Gasteiger partial charge in [-0.15, -0.1) is 0 Å². The van der Waals surface area contributed by atoms with Crippen LogP contribution in [0, 0.1) is 3.57 Å². The SMILES string of the molecule is CCOc1cc(I)cc(C(F)(F)F)c1O. The van der Waals surface area contributed by atoms with E-state index < -0.39 is 17.5 Å². The van der Waals surface area contributed by atoms with Crippen molar-refractivity contribution in [3.8, 4) is 11.5 Å². The van der Waals surface area contributed by atoms with E-state index in [2.05, 4.69) is 0 Å². The van der Waals surface area contributed by atoms with Crippen molar-refractivity contribution in [2.75, 3.05) is 6.61 Å². The van der Waals surface area contributed by atoms with Crippen molar-refractivity contribution < 1.29 is 23.0 Å². The Morgan fingerprint density at radius 3 is 2.47 bits per heavy atom. The molecule has 84 valence electrons. The molecule has 0 aliphatic heterocycles. The van der Waals surface area contributed by atoms with E-state index in [0.29, 0.717) is 3.57 Å². The van der Waals surface area contributed by atoms with Crippen LogP contribution in [0.15, 0.2) is 12.1 Å². The predicted molar refractivity (Wildman–Crippen MR) is 57.0 cm³/mol. The van der Waals surface area contributed by atoms with E-state index in [0.717, 1.165) is 6.07 Å². The number of aromatic hydroxyl groups is 1. The standard InChI is InChI=1S/C9H8F3IO2/c1-2-15-7-4-5(13)3-6(8(7)14)9(10,11)12/h3-4,14H,2H2,1H3. The summed E-state index contributed by atoms with van der Waals surface area (Å²) in [6.07, 6.45) is -4.57. The molecule has 0 bridgehead atoms. The van der Waals surface area contributed by atoms with Crippen LogP contribution in [0.2, 0.25) is 0 Å². The third-order valence-electron chi connectivity index (χ3n) is 1.64. The minimum absolute atomic E-state index is 0.142. The number of ether oxygens (including phenoxy) is 1. The first-order valence-electron chi connectivity index (χ1n) is 4.08. The molecule has 1 rings (SSSR count). The monoisotopic (exact) mass is 332 g/mol. The van der Waals surface area contributed by atoms with E-state index in [1.807, 2.05) is 0 Å². The highest BCUT2D eigenvalue weighted by atomic mass is 127. The molecule has 0 aliphatic rings. The fourth-order valence-electron chi connectivity index (χ4n) is 1.06. The second-order valence-electron chi connectivity index (χ2n) is 2.73. The Morgan fingerprint density at radius 2 is 2.00 bits per heavy atom. The predicted octanol–water partition coefficient (Wildman–Crippen LogP) is 3.41. The molecular formula is C9H8F3IO2. The molecule has 0 atom stereocenters. The average Bonchev–Trinajstić information content (AvgIpc) is 2.09. The minimum atomic E-state index is -4.57. The quantitative estimate of drug-likeness (QED) is 0.841. The molecule has 0 fully saturated rings. The molecule has 15 heavy (non-hydrogen) atoms. The molecule has 0 aromatic heterocycles. The summed E-state index contributed by atoms with van der Waals surface area (Å²) < 4.78 is 42.6. The second kappa shape index (κ2) is 4.46. The van der Waals surface area contributed by atoms with Gasteiger partial charge < -0.3 is 9.84 Å². The summed E-state index contributed by atoms with van der Waals surface area (Å²) in [5.74, 6) is -0.999. The molecule has 0 heterocycles. The summed E-state index contributed by atoms with van der Waals surface area (Å²) in [5, 5.41) is 9.33. The molecule has 6 heteroatoms. The van der Waals surface area contributed by atoms with Crippen LogP contribution in [0.5, 0.6) is 11.5 Å². The first-order valence-corrected chi connectivity index (χ1v) is 5.16. The lowest BCUT2D eigenvalue weighted by atomic mass is 10.2. The van der Waals surface area contributed by atoms with Crippen LogP contribution < -0.4 is 4.74 Å². The number of hydrogen-bond donors (Lipinski definition) is 1. The highest BCUT2D eigenvalue weighted by molar-refractivity contribution is 14.1. The van der Waals surface area contributed by atoms with Gasteiger partial charge in [0.25, 0.3) is 0 Å². The molecule has 0 saturated heterocycles. The number of hydrogen-bond acceptors (Lipinski definition) is 2. The zero-order valence-electron chi connectivity index (χ0n) is 7.73. The number of phenolic OH excluding ortho intramolecular Hbond substituents is 1. The van der Waals surface area contributed by atoms with Gasteiger partial charge in [0, 0.05) is 3.57 Å². The summed E-state index contributed by atoms with van der Waals surface area (Å²) in [4.78, 5) is 0. The van der Waals surface area contributed by atoms with Crippen LogP contribution in [-0.2, 0) is 6.18 Å². The number of rotatable bonds is 2. The smallest absolute Gasteiger partial charge is 0.420 e. The van der Waals surface area contributed by atoms with Crippen LogP contribution in [0.25, 0.3) is 0 Å². The molecule has 1 N–H and O–H groups in total. The maximum absolute atomic E-state index is 12.4. The van der Waals surface area contributed by atoms with E-state index in [-0.39, 0.29) is 12.4 Å². The van der Waals surface area contributed by atoms with Gasteiger partial charge in [0.2, 0.25) is 0 Å². The maximum atomic E-state index is 12.4. The Labute approximate surface area is 98.2 Å². The van der Waals surface area contributed by atoms with Gasteiger partial charge in [0.1, 0.15) is 5.56 Å². The molecule has 0 unspecified atom stereocenters. The molecule has 1 aromatic carbocycles. The molecule has 0 aliphatic carbocycles. The molecule has 0 spiro atoms. The van der Waals surface area contributed by atoms with Crippen molar-refractivity contribution in [3.63, 3.8) is 0 Å². The summed E-state index contributed by atoms with van der Waals surface area (Å²) in [6, 6.07) is 2.23. The van der Waals surface area contributed by atoms with E-state index in [9.17, 15) is 18.3 Å². The number of phenols is 1. The average molecular weight is 332 g/mol. The highest BCUT2D eigenvalue weighted by Crippen LogP contribution is 2.41. The Morgan fingerprint density at radius 1 is 1.40 bits per heavy atom. The van der Waals surface area contributed by atoms with Gasteiger partial charge >= 0.3 is 6.18 Å². The van der Waals surface area contributed by atoms with Crippen molar-refractivity contribution in [1.29, 1.82) is 0 Å². The second-order valence-corrected chi connectivity index (χ2v) is 3.98. The zero-order chi connectivity index (χ0) is 11.6. The van der Waals surface area contributed by atoms with Gasteiger partial charge in [-0.2, -0.15) is 13.2 Å². The summed E-state index contributed by atoms with van der Waals surface area (Å²) in [7, 11) is 0. The molecule has 0 saturated carbocycles. The van der Waals surface area contributed by atoms with Gasteiger partial charge in [-0.3, -0.25) is 0 Å². The summed E-state index contributed by atoms with van der Waals surface area (Å²) in [5.41, 5.74) is -1.07. The molecule has 2 nitrogen and oxygen atoms in total. The van der Waals surface area contributed by atoms with Crippen LogP contribution in [0.4, 0.5) is 13.2 Å². The lowest BCUT2D eigenvalue weighted by Crippen LogP contribution is -2.07. The lowest BCUT2D eigenvalue weighted by Gasteiger charge is -2.13. The van der Waals surface area contributed by atoms with Gasteiger partial charge in [0.05, 0.1) is 6.61 Å². The highest BCUT2D eigenvalue weighted by Gasteiger charge is 2.35. The van der Waals surface area contributed by atoms with E-state index in [1.54, 1.807) is 29.5 Å². The normalized spacial score (nSPS) is 11.5. The van der Waals surface area contributed by atoms with Crippen molar-refractivity contribution >= 4 is 22.6 Å². The Balaban J connectivity index is 3.28. The third-order valence-corrected chi connectivity index (χ3v) is 2.27. The number of halogens is 4. The van der Waals surface area contributed by atoms with E-state index in [4.69, 9.17) is 4.74 Å². The number of alkyl halides is 3. The van der Waals surface area contributed by atoms with Crippen molar-refractivity contribution in [3.05, 3.63) is 21.3 Å². The van der Waals surface area contributed by atoms with E-state index >= 15 is 0 Å². The first kappa shape index (κ1) is 12.4. The molecular weight excluding hydrogens is 324 g/mol. The maximum Gasteiger partial charge on any atom is 0.420 e. The zero-order valence-corrected chi connectivity index (χ0v) is 9.89. The largest absolute Gasteiger partial charge is 0.504 e. The summed E-state index contributed by atoms with van der Waals surface area (Å²) >= 11 is 1.74. The van der Waals surface area contributed by atoms with Crippen molar-refractivity contribution in [2.45, 2.75) is 13.1 Å². The lowest BCUT2D eigenvalue weighted by molar-refractivity contribution is -0.139. The van der Waals surface area contributed by atoms with Crippen LogP contribution in [0.3, 0.4) is 0 Å². The van der Waals surface area contributed by atoms with Crippen molar-refractivity contribution in [1.82, 2.24) is 0 Å². The van der Waals surface area contributed by atoms with Crippen LogP contribution in [0.1, 0.15) is 12.5 Å². The number of benzene rings is 1. The van der Waals surface area contributed by atoms with Crippen LogP contribution in [-0.4, -0.2) is 11.7 Å². The fraction of sp³-hybridized carbons (Fsp3) is 0.333. The Bertz CT molecular complexity index is 363. The minimum Gasteiger partial charge on any atom is -0.504 e. The van der Waals surface area contributed by atoms with Gasteiger partial charge in [-0.25, -0.2) is 0 Å². The topological polar surface area (TPSA) is 29.5 Å². The van der Waals surface area contributed by atoms with E-state index in [1.165, 1.54) is 6.07 Å². The Hall–Kier alpha value is -0.660. The molecule has 0 amide bonds. The third kappa shape index (κ3) is 2.90. The Kier molecular flexibility index (Phi) is 3.69. The fourth-order valence-corrected chi connectivity index (χ4v) is 1.65. The summed E-state index contributed by atoms with van der Waals surface area (Å²) in [6.45, 7) is 1.83. The molecule has 0 radical (unpaired) electrons. The van der Waals surface area contributed by atoms with Crippen molar-refractivity contribution in [2.24, 2.45) is 0 Å².